The summed E-state index contributed by atoms with van der Waals surface area (Å²) in [5.74, 6) is -0.317. The second kappa shape index (κ2) is 6.05. The van der Waals surface area contributed by atoms with E-state index >= 15 is 0 Å². The van der Waals surface area contributed by atoms with Crippen LogP contribution in [0.3, 0.4) is 0 Å². The monoisotopic (exact) mass is 340 g/mol. The molecule has 0 fully saturated rings. The predicted molar refractivity (Wildman–Crippen MR) is 94.0 cm³/mol. The zero-order valence-electron chi connectivity index (χ0n) is 13.3. The van der Waals surface area contributed by atoms with Crippen LogP contribution in [0.1, 0.15) is 16.1 Å². The number of anilines is 1. The summed E-state index contributed by atoms with van der Waals surface area (Å²) >= 11 is 0. The molecule has 1 amide bonds. The van der Waals surface area contributed by atoms with Crippen molar-refractivity contribution < 1.29 is 13.2 Å². The lowest BCUT2D eigenvalue weighted by atomic mass is 10.0. The van der Waals surface area contributed by atoms with Gasteiger partial charge in [-0.05, 0) is 30.5 Å². The molecule has 1 aromatic heterocycles. The van der Waals surface area contributed by atoms with E-state index in [4.69, 9.17) is 0 Å². The van der Waals surface area contributed by atoms with Gasteiger partial charge in [0.1, 0.15) is 0 Å². The number of benzene rings is 2. The summed E-state index contributed by atoms with van der Waals surface area (Å²) < 4.78 is 23.3. The van der Waals surface area contributed by atoms with E-state index in [1.54, 1.807) is 25.3 Å². The Morgan fingerprint density at radius 2 is 1.83 bits per heavy atom. The second-order valence-corrected chi connectivity index (χ2v) is 7.58. The van der Waals surface area contributed by atoms with Gasteiger partial charge in [-0.1, -0.05) is 30.3 Å². The zero-order chi connectivity index (χ0) is 17.3. The SMILES string of the molecule is Cc1ncc2ccccc2c1C(=O)Nc1cccc(S(C)(=O)=O)c1. The highest BCUT2D eigenvalue weighted by Crippen LogP contribution is 2.22. The van der Waals surface area contributed by atoms with Crippen LogP contribution in [0.4, 0.5) is 5.69 Å². The van der Waals surface area contributed by atoms with Crippen LogP contribution in [0, 0.1) is 6.92 Å². The van der Waals surface area contributed by atoms with E-state index in [0.29, 0.717) is 16.9 Å². The summed E-state index contributed by atoms with van der Waals surface area (Å²) in [5, 5.41) is 4.44. The summed E-state index contributed by atoms with van der Waals surface area (Å²) in [5.41, 5.74) is 1.53. The van der Waals surface area contributed by atoms with E-state index in [0.717, 1.165) is 17.0 Å². The zero-order valence-corrected chi connectivity index (χ0v) is 14.1. The van der Waals surface area contributed by atoms with Gasteiger partial charge in [-0.2, -0.15) is 0 Å². The van der Waals surface area contributed by atoms with E-state index in [1.165, 1.54) is 12.1 Å². The third-order valence-corrected chi connectivity index (χ3v) is 4.85. The largest absolute Gasteiger partial charge is 0.322 e. The fourth-order valence-corrected chi connectivity index (χ4v) is 3.21. The topological polar surface area (TPSA) is 76.1 Å². The van der Waals surface area contributed by atoms with Crippen LogP contribution in [-0.4, -0.2) is 25.6 Å². The van der Waals surface area contributed by atoms with E-state index < -0.39 is 9.84 Å². The third-order valence-electron chi connectivity index (χ3n) is 3.74. The van der Waals surface area contributed by atoms with E-state index in [-0.39, 0.29) is 10.8 Å². The Morgan fingerprint density at radius 3 is 2.58 bits per heavy atom. The van der Waals surface area contributed by atoms with Gasteiger partial charge in [0.05, 0.1) is 16.2 Å². The molecule has 0 atom stereocenters. The highest BCUT2D eigenvalue weighted by Gasteiger charge is 2.15. The summed E-state index contributed by atoms with van der Waals surface area (Å²) in [6.07, 6.45) is 2.86. The normalized spacial score (nSPS) is 11.4. The molecule has 0 saturated carbocycles. The Bertz CT molecular complexity index is 1040. The van der Waals surface area contributed by atoms with Gasteiger partial charge >= 0.3 is 0 Å². The van der Waals surface area contributed by atoms with Crippen LogP contribution in [-0.2, 0) is 9.84 Å². The van der Waals surface area contributed by atoms with Crippen molar-refractivity contribution in [2.24, 2.45) is 0 Å². The van der Waals surface area contributed by atoms with Gasteiger partial charge in [0.25, 0.3) is 5.91 Å². The van der Waals surface area contributed by atoms with Crippen LogP contribution in [0.2, 0.25) is 0 Å². The van der Waals surface area contributed by atoms with Crippen LogP contribution >= 0.6 is 0 Å². The molecule has 0 spiro atoms. The minimum absolute atomic E-state index is 0.160. The molecular weight excluding hydrogens is 324 g/mol. The van der Waals surface area contributed by atoms with Crippen molar-refractivity contribution in [2.45, 2.75) is 11.8 Å². The second-order valence-electron chi connectivity index (χ2n) is 5.56. The molecule has 122 valence electrons. The highest BCUT2D eigenvalue weighted by atomic mass is 32.2. The number of sulfone groups is 1. The summed E-state index contributed by atoms with van der Waals surface area (Å²) in [4.78, 5) is 17.1. The number of aryl methyl sites for hydroxylation is 1. The molecule has 0 aliphatic rings. The number of nitrogens with one attached hydrogen (secondary N) is 1. The third kappa shape index (κ3) is 3.14. The Labute approximate surface area is 140 Å². The van der Waals surface area contributed by atoms with Crippen molar-refractivity contribution >= 4 is 32.2 Å². The molecule has 1 N–H and O–H groups in total. The van der Waals surface area contributed by atoms with Crippen LogP contribution < -0.4 is 5.32 Å². The molecule has 2 aromatic carbocycles. The number of hydrogen-bond donors (Lipinski definition) is 1. The van der Waals surface area contributed by atoms with Gasteiger partial charge in [-0.25, -0.2) is 8.42 Å². The number of nitrogens with zero attached hydrogens (tertiary/aromatic N) is 1. The first-order valence-corrected chi connectivity index (χ1v) is 9.21. The van der Waals surface area contributed by atoms with Gasteiger partial charge in [0.15, 0.2) is 9.84 Å². The molecular formula is C18H16N2O3S. The first-order chi connectivity index (χ1) is 11.4. The van der Waals surface area contributed by atoms with Crippen molar-refractivity contribution in [2.75, 3.05) is 11.6 Å². The number of pyridine rings is 1. The number of rotatable bonds is 3. The molecule has 0 saturated heterocycles. The molecule has 0 aliphatic heterocycles. The van der Waals surface area contributed by atoms with Gasteiger partial charge in [-0.15, -0.1) is 0 Å². The maximum absolute atomic E-state index is 12.7. The fourth-order valence-electron chi connectivity index (χ4n) is 2.55. The first kappa shape index (κ1) is 16.1. The van der Waals surface area contributed by atoms with Crippen molar-refractivity contribution in [3.8, 4) is 0 Å². The van der Waals surface area contributed by atoms with E-state index in [9.17, 15) is 13.2 Å². The molecule has 5 nitrogen and oxygen atoms in total. The van der Waals surface area contributed by atoms with Crippen molar-refractivity contribution in [3.05, 3.63) is 66.0 Å². The lowest BCUT2D eigenvalue weighted by Gasteiger charge is -2.11. The number of fused-ring (bicyclic) bond motifs is 1. The molecule has 1 heterocycles. The van der Waals surface area contributed by atoms with Crippen LogP contribution in [0.5, 0.6) is 0 Å². The Hall–Kier alpha value is -2.73. The summed E-state index contributed by atoms with van der Waals surface area (Å²) in [7, 11) is -3.33. The Balaban J connectivity index is 2.01. The maximum Gasteiger partial charge on any atom is 0.258 e. The summed E-state index contributed by atoms with van der Waals surface area (Å²) in [6, 6.07) is 13.7. The predicted octanol–water partition coefficient (Wildman–Crippen LogP) is 3.20. The lowest BCUT2D eigenvalue weighted by molar-refractivity contribution is 0.102. The highest BCUT2D eigenvalue weighted by molar-refractivity contribution is 7.90. The molecule has 3 aromatic rings. The van der Waals surface area contributed by atoms with Gasteiger partial charge < -0.3 is 5.32 Å². The number of carbonyl (C=O) groups is 1. The molecule has 0 bridgehead atoms. The average molecular weight is 340 g/mol. The first-order valence-electron chi connectivity index (χ1n) is 7.32. The Kier molecular flexibility index (Phi) is 4.07. The van der Waals surface area contributed by atoms with Crippen LogP contribution in [0.25, 0.3) is 10.8 Å². The van der Waals surface area contributed by atoms with E-state index in [1.807, 2.05) is 24.3 Å². The number of carbonyl (C=O) groups excluding carboxylic acids is 1. The van der Waals surface area contributed by atoms with Gasteiger partial charge in [0, 0.05) is 23.5 Å². The van der Waals surface area contributed by atoms with E-state index in [2.05, 4.69) is 10.3 Å². The smallest absolute Gasteiger partial charge is 0.258 e. The number of aromatic nitrogens is 1. The minimum Gasteiger partial charge on any atom is -0.322 e. The average Bonchev–Trinajstić information content (AvgIpc) is 2.54. The molecule has 0 unspecified atom stereocenters. The molecule has 24 heavy (non-hydrogen) atoms. The van der Waals surface area contributed by atoms with Crippen molar-refractivity contribution in [1.82, 2.24) is 4.98 Å². The molecule has 6 heteroatoms. The fraction of sp³-hybridized carbons (Fsp3) is 0.111. The Morgan fingerprint density at radius 1 is 1.08 bits per heavy atom. The maximum atomic E-state index is 12.7. The van der Waals surface area contributed by atoms with Crippen molar-refractivity contribution in [3.63, 3.8) is 0 Å². The minimum atomic E-state index is -3.33. The quantitative estimate of drug-likeness (QED) is 0.794. The van der Waals surface area contributed by atoms with Crippen LogP contribution in [0.15, 0.2) is 59.6 Å². The summed E-state index contributed by atoms with van der Waals surface area (Å²) in [6.45, 7) is 1.77. The molecule has 0 aliphatic carbocycles. The molecule has 3 rings (SSSR count). The standard InChI is InChI=1S/C18H16N2O3S/c1-12-17(16-9-4-3-6-13(16)11-19-12)18(21)20-14-7-5-8-15(10-14)24(2,22)23/h3-11H,1-2H3,(H,20,21). The number of amides is 1. The van der Waals surface area contributed by atoms with Gasteiger partial charge in [0.2, 0.25) is 0 Å². The number of hydrogen-bond acceptors (Lipinski definition) is 4. The lowest BCUT2D eigenvalue weighted by Crippen LogP contribution is -2.15. The molecule has 0 radical (unpaired) electrons. The van der Waals surface area contributed by atoms with Gasteiger partial charge in [-0.3, -0.25) is 9.78 Å². The van der Waals surface area contributed by atoms with Crippen molar-refractivity contribution in [1.29, 1.82) is 0 Å².